The molecule has 0 spiro atoms. The predicted molar refractivity (Wildman–Crippen MR) is 258 cm³/mol. The van der Waals surface area contributed by atoms with Gasteiger partial charge in [-0.25, -0.2) is 12.1 Å². The maximum absolute atomic E-state index is 6.68. The average molecular weight is 899 g/mol. The van der Waals surface area contributed by atoms with Crippen molar-refractivity contribution in [3.63, 3.8) is 0 Å². The van der Waals surface area contributed by atoms with Crippen LogP contribution in [0.25, 0.3) is 21.5 Å². The molecule has 0 nitrogen and oxygen atoms in total. The Morgan fingerprint density at radius 1 is 0.518 bits per heavy atom. The van der Waals surface area contributed by atoms with Crippen molar-refractivity contribution in [3.05, 3.63) is 144 Å². The summed E-state index contributed by atoms with van der Waals surface area (Å²) in [5, 5.41) is 8.63. The van der Waals surface area contributed by atoms with Crippen molar-refractivity contribution in [3.8, 4) is 0 Å². The van der Waals surface area contributed by atoms with E-state index in [4.69, 9.17) is 17.0 Å². The van der Waals surface area contributed by atoms with E-state index in [0.29, 0.717) is 0 Å². The molecule has 0 heterocycles. The molecule has 0 fully saturated rings. The second-order valence-corrected chi connectivity index (χ2v) is 36.3. The maximum Gasteiger partial charge on any atom is -0.172 e. The molecule has 0 N–H and O–H groups in total. The molecule has 0 aliphatic carbocycles. The van der Waals surface area contributed by atoms with Gasteiger partial charge in [0.25, 0.3) is 0 Å². The third-order valence-electron chi connectivity index (χ3n) is 12.8. The largest absolute Gasteiger partial charge is 0.214 e. The minimum atomic E-state index is -2.63. The van der Waals surface area contributed by atoms with E-state index in [0.717, 1.165) is 0 Å². The van der Waals surface area contributed by atoms with Crippen molar-refractivity contribution in [1.82, 2.24) is 0 Å². The van der Waals surface area contributed by atoms with E-state index in [1.165, 1.54) is 83.3 Å². The molecule has 6 aromatic rings. The van der Waals surface area contributed by atoms with Crippen LogP contribution in [0.1, 0.15) is 105 Å². The van der Waals surface area contributed by atoms with Crippen molar-refractivity contribution in [2.45, 2.75) is 130 Å². The van der Waals surface area contributed by atoms with Gasteiger partial charge in [-0.3, -0.25) is 0 Å². The fourth-order valence-corrected chi connectivity index (χ4v) is 20.0. The Labute approximate surface area is 358 Å². The summed E-state index contributed by atoms with van der Waals surface area (Å²) in [6.07, 6.45) is 0. The molecule has 0 aliphatic rings. The Bertz CT molecular complexity index is 1960. The SMILES string of the molecule is CC(C)(C)c1ccc2c(c1)[cH-]c1cc(C(C)(C)C)ccc12.CC[Si](CC)(CC)c1ccc([C](c2ccc([Si](CC)(CC)CC)cc2)=[Zr]([Cl])[Cl])cc1.c1cc[cH-]c1. The fourth-order valence-electron chi connectivity index (χ4n) is 8.37. The molecule has 0 aliphatic heterocycles. The first-order chi connectivity index (χ1) is 26.5. The third kappa shape index (κ3) is 10.9. The zero-order valence-corrected chi connectivity index (χ0v) is 42.5. The van der Waals surface area contributed by atoms with Gasteiger partial charge in [-0.05, 0) is 10.8 Å². The smallest absolute Gasteiger partial charge is 0.172 e. The van der Waals surface area contributed by atoms with Gasteiger partial charge in [-0.15, -0.1) is 39.7 Å². The maximum atomic E-state index is 6.68. The van der Waals surface area contributed by atoms with Crippen LogP contribution in [-0.2, 0) is 29.7 Å². The zero-order chi connectivity index (χ0) is 41.3. The average Bonchev–Trinajstić information content (AvgIpc) is 3.89. The van der Waals surface area contributed by atoms with Gasteiger partial charge in [0.1, 0.15) is 0 Å². The first kappa shape index (κ1) is 46.6. The molecule has 0 amide bonds. The number of fused-ring (bicyclic) bond motifs is 3. The van der Waals surface area contributed by atoms with Crippen molar-refractivity contribution in [2.24, 2.45) is 0 Å². The molecule has 0 aromatic heterocycles. The first-order valence-electron chi connectivity index (χ1n) is 21.1. The van der Waals surface area contributed by atoms with Crippen molar-refractivity contribution >= 4 is 68.3 Å². The van der Waals surface area contributed by atoms with Crippen LogP contribution < -0.4 is 10.4 Å². The van der Waals surface area contributed by atoms with Crippen LogP contribution in [0.15, 0.2) is 121 Å². The van der Waals surface area contributed by atoms with Gasteiger partial charge in [-0.2, -0.15) is 18.2 Å². The Balaban J connectivity index is 0.000000230. The fraction of sp³-hybridized carbons (Fsp3) is 0.392. The molecular formula is C51H68Cl2Si2Zr-2. The zero-order valence-electron chi connectivity index (χ0n) is 36.5. The third-order valence-corrected chi connectivity index (χ3v) is 28.6. The van der Waals surface area contributed by atoms with Crippen LogP contribution in [0, 0.1) is 0 Å². The van der Waals surface area contributed by atoms with E-state index < -0.39 is 35.0 Å². The summed E-state index contributed by atoms with van der Waals surface area (Å²) in [5.74, 6) is 0. The van der Waals surface area contributed by atoms with E-state index in [1.54, 1.807) is 10.4 Å². The van der Waals surface area contributed by atoms with Crippen molar-refractivity contribution < 1.29 is 18.9 Å². The summed E-state index contributed by atoms with van der Waals surface area (Å²) < 4.78 is 1.22. The molecule has 6 aromatic carbocycles. The molecule has 0 saturated carbocycles. The Hall–Kier alpha value is -2.13. The monoisotopic (exact) mass is 896 g/mol. The summed E-state index contributed by atoms with van der Waals surface area (Å²) in [5.41, 5.74) is 5.66. The van der Waals surface area contributed by atoms with Crippen LogP contribution in [0.3, 0.4) is 0 Å². The van der Waals surface area contributed by atoms with Crippen LogP contribution >= 0.6 is 17.0 Å². The van der Waals surface area contributed by atoms with Gasteiger partial charge in [0, 0.05) is 0 Å². The number of halogens is 2. The number of hydrogen-bond donors (Lipinski definition) is 0. The topological polar surface area (TPSA) is 0 Å². The van der Waals surface area contributed by atoms with Crippen molar-refractivity contribution in [1.29, 1.82) is 0 Å². The molecule has 6 rings (SSSR count). The van der Waals surface area contributed by atoms with Gasteiger partial charge in [-0.1, -0.05) is 76.9 Å². The summed E-state index contributed by atoms with van der Waals surface area (Å²) in [6, 6.07) is 52.7. The molecule has 56 heavy (non-hydrogen) atoms. The standard InChI is InChI=1S/C25H38Si2.C21H25.C5H5.2ClH.Zr/c1-7-26(8-2,9-3)24-17-13-22(14-18-24)21-23-15-19-25(20-16-23)27(10-4,11-5)12-6;1-20(2,3)16-7-9-18-14(12-16)11-15-13-17(21(4,5)6)8-10-19(15)18;1-2-4-5-3-1;;;/h13-20H,7-12H2,1-6H3;7-13H,1-6H3;1-5H;2*1H;/q;2*-1;;;+2/p-2. The summed E-state index contributed by atoms with van der Waals surface area (Å²) >= 11 is -2.63. The molecule has 0 unspecified atom stereocenters. The van der Waals surface area contributed by atoms with E-state index in [2.05, 4.69) is 174 Å². The normalized spacial score (nSPS) is 12.2. The summed E-state index contributed by atoms with van der Waals surface area (Å²) in [7, 11) is 10.6. The minimum absolute atomic E-state index is 0.203. The van der Waals surface area contributed by atoms with Crippen LogP contribution in [0.2, 0.25) is 36.3 Å². The van der Waals surface area contributed by atoms with Gasteiger partial charge >= 0.3 is 203 Å². The number of rotatable bonds is 10. The van der Waals surface area contributed by atoms with Crippen LogP contribution in [0.5, 0.6) is 0 Å². The van der Waals surface area contributed by atoms with Gasteiger partial charge < -0.3 is 0 Å². The second-order valence-electron chi connectivity index (χ2n) is 17.7. The van der Waals surface area contributed by atoms with Gasteiger partial charge in [0.2, 0.25) is 0 Å². The first-order valence-corrected chi connectivity index (χ1v) is 33.9. The second kappa shape index (κ2) is 20.2. The van der Waals surface area contributed by atoms with Crippen LogP contribution in [0.4, 0.5) is 0 Å². The molecule has 0 saturated heterocycles. The Morgan fingerprint density at radius 2 is 0.857 bits per heavy atom. The molecule has 0 bridgehead atoms. The molecule has 0 radical (unpaired) electrons. The van der Waals surface area contributed by atoms with Gasteiger partial charge in [0.15, 0.2) is 0 Å². The number of hydrogen-bond acceptors (Lipinski definition) is 0. The van der Waals surface area contributed by atoms with E-state index in [-0.39, 0.29) is 10.8 Å². The number of benzene rings is 4. The van der Waals surface area contributed by atoms with Gasteiger partial charge in [0.05, 0.1) is 0 Å². The van der Waals surface area contributed by atoms with E-state index >= 15 is 0 Å². The molecule has 300 valence electrons. The van der Waals surface area contributed by atoms with Crippen LogP contribution in [-0.4, -0.2) is 19.4 Å². The van der Waals surface area contributed by atoms with E-state index in [9.17, 15) is 0 Å². The Kier molecular flexibility index (Phi) is 16.8. The molecule has 0 atom stereocenters. The van der Waals surface area contributed by atoms with E-state index in [1.807, 2.05) is 30.3 Å². The molecular weight excluding hydrogens is 831 g/mol. The Morgan fingerprint density at radius 3 is 1.11 bits per heavy atom. The predicted octanol–water partition coefficient (Wildman–Crippen LogP) is 15.3. The molecule has 5 heteroatoms. The summed E-state index contributed by atoms with van der Waals surface area (Å²) in [4.78, 5) is 0. The minimum Gasteiger partial charge on any atom is -0.214 e. The quantitative estimate of drug-likeness (QED) is 0.0949. The summed E-state index contributed by atoms with van der Waals surface area (Å²) in [6.45, 7) is 27.8. The van der Waals surface area contributed by atoms with Crippen molar-refractivity contribution in [2.75, 3.05) is 0 Å².